The lowest BCUT2D eigenvalue weighted by atomic mass is 10.0. The Morgan fingerprint density at radius 1 is 0.617 bits per heavy atom. The lowest BCUT2D eigenvalue weighted by Gasteiger charge is -2.20. The summed E-state index contributed by atoms with van der Waals surface area (Å²) in [5.74, 6) is -1.23. The minimum absolute atomic E-state index is 0.0406. The summed E-state index contributed by atoms with van der Waals surface area (Å²) in [7, 11) is 0. The van der Waals surface area contributed by atoms with Gasteiger partial charge in [0.05, 0.1) is 12.8 Å². The van der Waals surface area contributed by atoms with Gasteiger partial charge in [-0.2, -0.15) is 0 Å². The third-order valence-electron chi connectivity index (χ3n) is 6.55. The predicted octanol–water partition coefficient (Wildman–Crippen LogP) is 5.30. The minimum Gasteiger partial charge on any atom is -0.490 e. The van der Waals surface area contributed by atoms with Crippen LogP contribution in [0.15, 0.2) is 103 Å². The third-order valence-corrected chi connectivity index (χ3v) is 6.55. The van der Waals surface area contributed by atoms with Crippen LogP contribution < -0.4 is 9.47 Å². The number of para-hydroxylation sites is 2. The molecule has 3 aromatic rings. The van der Waals surface area contributed by atoms with E-state index in [-0.39, 0.29) is 50.4 Å². The quantitative estimate of drug-likeness (QED) is 0.102. The zero-order valence-corrected chi connectivity index (χ0v) is 26.9. The van der Waals surface area contributed by atoms with Gasteiger partial charge in [0.15, 0.2) is 12.2 Å². The highest BCUT2D eigenvalue weighted by Gasteiger charge is 2.21. The van der Waals surface area contributed by atoms with E-state index in [9.17, 15) is 19.2 Å². The molecule has 10 heteroatoms. The first-order chi connectivity index (χ1) is 22.5. The summed E-state index contributed by atoms with van der Waals surface area (Å²) in [5.41, 5.74) is 2.48. The van der Waals surface area contributed by atoms with Gasteiger partial charge < -0.3 is 28.4 Å². The summed E-state index contributed by atoms with van der Waals surface area (Å²) in [6, 6.07) is 23.2. The SMILES string of the molecule is C=C(C)C(=O)OCC(COc1ccccc1)OC(=O)Cc1ccc(C)c(CC(=O)OC(COC(=O)C(=C)C)COc2ccccc2)c1. The fraction of sp³-hybridized carbons (Fsp3) is 0.297. The van der Waals surface area contributed by atoms with Gasteiger partial charge in [0.2, 0.25) is 0 Å². The van der Waals surface area contributed by atoms with E-state index in [0.717, 1.165) is 5.56 Å². The van der Waals surface area contributed by atoms with Crippen molar-refractivity contribution in [2.24, 2.45) is 0 Å². The van der Waals surface area contributed by atoms with Crippen molar-refractivity contribution in [3.8, 4) is 11.5 Å². The maximum absolute atomic E-state index is 13.0. The van der Waals surface area contributed by atoms with Gasteiger partial charge in [-0.3, -0.25) is 9.59 Å². The summed E-state index contributed by atoms with van der Waals surface area (Å²) in [6.07, 6.45) is -1.96. The number of carbonyl (C=O) groups is 4. The maximum Gasteiger partial charge on any atom is 0.333 e. The van der Waals surface area contributed by atoms with E-state index in [1.807, 2.05) is 19.1 Å². The molecule has 0 N–H and O–H groups in total. The van der Waals surface area contributed by atoms with Crippen LogP contribution >= 0.6 is 0 Å². The number of carbonyl (C=O) groups excluding carboxylic acids is 4. The van der Waals surface area contributed by atoms with Gasteiger partial charge >= 0.3 is 23.9 Å². The molecule has 0 aliphatic heterocycles. The molecule has 10 nitrogen and oxygen atoms in total. The van der Waals surface area contributed by atoms with Crippen molar-refractivity contribution >= 4 is 23.9 Å². The van der Waals surface area contributed by atoms with E-state index in [2.05, 4.69) is 13.2 Å². The number of esters is 4. The summed E-state index contributed by atoms with van der Waals surface area (Å²) in [5, 5.41) is 0. The molecule has 0 spiro atoms. The summed E-state index contributed by atoms with van der Waals surface area (Å²) < 4.78 is 33.1. The molecule has 0 fully saturated rings. The van der Waals surface area contributed by atoms with Crippen molar-refractivity contribution in [3.05, 3.63) is 120 Å². The first kappa shape index (κ1) is 36.1. The highest BCUT2D eigenvalue weighted by atomic mass is 16.6. The van der Waals surface area contributed by atoms with Crippen LogP contribution in [0.2, 0.25) is 0 Å². The normalized spacial score (nSPS) is 11.7. The van der Waals surface area contributed by atoms with E-state index in [4.69, 9.17) is 28.4 Å². The predicted molar refractivity (Wildman–Crippen MR) is 174 cm³/mol. The minimum atomic E-state index is -0.876. The monoisotopic (exact) mass is 644 g/mol. The lowest BCUT2D eigenvalue weighted by molar-refractivity contribution is -0.158. The molecular weight excluding hydrogens is 604 g/mol. The first-order valence-electron chi connectivity index (χ1n) is 15.0. The second-order valence-electron chi connectivity index (χ2n) is 10.8. The van der Waals surface area contributed by atoms with E-state index in [0.29, 0.717) is 22.6 Å². The summed E-state index contributed by atoms with van der Waals surface area (Å²) in [4.78, 5) is 49.9. The average molecular weight is 645 g/mol. The van der Waals surface area contributed by atoms with Gasteiger partial charge in [0.25, 0.3) is 0 Å². The molecular formula is C37H40O10. The van der Waals surface area contributed by atoms with E-state index < -0.39 is 36.1 Å². The summed E-state index contributed by atoms with van der Waals surface area (Å²) >= 11 is 0. The topological polar surface area (TPSA) is 124 Å². The Bertz CT molecular complexity index is 1530. The number of hydrogen-bond donors (Lipinski definition) is 0. The van der Waals surface area contributed by atoms with Crippen LogP contribution in [0.4, 0.5) is 0 Å². The zero-order valence-electron chi connectivity index (χ0n) is 26.9. The van der Waals surface area contributed by atoms with Crippen molar-refractivity contribution in [1.82, 2.24) is 0 Å². The molecule has 0 aliphatic carbocycles. The van der Waals surface area contributed by atoms with Gasteiger partial charge in [0, 0.05) is 11.1 Å². The molecule has 0 saturated carbocycles. The molecule has 0 heterocycles. The van der Waals surface area contributed by atoms with E-state index in [1.54, 1.807) is 66.7 Å². The molecule has 0 bridgehead atoms. The Balaban J connectivity index is 1.62. The first-order valence-corrected chi connectivity index (χ1v) is 15.0. The van der Waals surface area contributed by atoms with Crippen LogP contribution in [0.3, 0.4) is 0 Å². The fourth-order valence-corrected chi connectivity index (χ4v) is 4.03. The Labute approximate surface area is 274 Å². The van der Waals surface area contributed by atoms with Crippen molar-refractivity contribution in [2.75, 3.05) is 26.4 Å². The number of hydrogen-bond acceptors (Lipinski definition) is 10. The van der Waals surface area contributed by atoms with Crippen LogP contribution in [0.5, 0.6) is 11.5 Å². The Hall–Kier alpha value is -5.38. The standard InChI is InChI=1S/C37H40O10/c1-25(2)36(40)44-23-32(21-42-30-12-8-6-9-13-30)46-34(38)19-28-17-16-27(5)29(18-28)20-35(39)47-33(24-45-37(41)26(3)4)22-43-31-14-10-7-11-15-31/h6-18,32-33H,1,3,19-24H2,2,4-5H3. The highest BCUT2D eigenvalue weighted by molar-refractivity contribution is 5.87. The number of aryl methyl sites for hydroxylation is 1. The van der Waals surface area contributed by atoms with Gasteiger partial charge in [-0.1, -0.05) is 67.8 Å². The molecule has 2 atom stereocenters. The highest BCUT2D eigenvalue weighted by Crippen LogP contribution is 2.16. The molecule has 3 aromatic carbocycles. The number of benzene rings is 3. The van der Waals surface area contributed by atoms with Crippen molar-refractivity contribution in [1.29, 1.82) is 0 Å². The van der Waals surface area contributed by atoms with Crippen LogP contribution in [-0.4, -0.2) is 62.5 Å². The Kier molecular flexibility index (Phi) is 14.2. The van der Waals surface area contributed by atoms with Crippen molar-refractivity contribution in [3.63, 3.8) is 0 Å². The van der Waals surface area contributed by atoms with Gasteiger partial charge in [-0.15, -0.1) is 0 Å². The Morgan fingerprint density at radius 3 is 1.51 bits per heavy atom. The fourth-order valence-electron chi connectivity index (χ4n) is 4.03. The molecule has 0 saturated heterocycles. The molecule has 2 unspecified atom stereocenters. The summed E-state index contributed by atoms with van der Waals surface area (Å²) in [6.45, 7) is 11.5. The third kappa shape index (κ3) is 13.2. The van der Waals surface area contributed by atoms with Crippen LogP contribution in [-0.2, 0) is 51.0 Å². The molecule has 0 aromatic heterocycles. The van der Waals surface area contributed by atoms with Gasteiger partial charge in [-0.25, -0.2) is 9.59 Å². The zero-order chi connectivity index (χ0) is 34.2. The second-order valence-corrected chi connectivity index (χ2v) is 10.8. The molecule has 47 heavy (non-hydrogen) atoms. The lowest BCUT2D eigenvalue weighted by Crippen LogP contribution is -2.32. The van der Waals surface area contributed by atoms with E-state index in [1.165, 1.54) is 13.8 Å². The van der Waals surface area contributed by atoms with Crippen LogP contribution in [0, 0.1) is 6.92 Å². The van der Waals surface area contributed by atoms with Gasteiger partial charge in [-0.05, 0) is 61.7 Å². The maximum atomic E-state index is 13.0. The van der Waals surface area contributed by atoms with Crippen molar-refractivity contribution < 1.29 is 47.6 Å². The molecule has 0 radical (unpaired) electrons. The average Bonchev–Trinajstić information content (AvgIpc) is 3.05. The van der Waals surface area contributed by atoms with E-state index >= 15 is 0 Å². The second kappa shape index (κ2) is 18.6. The molecule has 0 aliphatic rings. The Morgan fingerprint density at radius 2 is 1.06 bits per heavy atom. The van der Waals surface area contributed by atoms with Crippen LogP contribution in [0.25, 0.3) is 0 Å². The smallest absolute Gasteiger partial charge is 0.333 e. The molecule has 0 amide bonds. The number of rotatable bonds is 18. The molecule has 3 rings (SSSR count). The van der Waals surface area contributed by atoms with Crippen LogP contribution in [0.1, 0.15) is 30.5 Å². The number of ether oxygens (including phenoxy) is 6. The van der Waals surface area contributed by atoms with Crippen molar-refractivity contribution in [2.45, 2.75) is 45.8 Å². The molecule has 248 valence electrons. The van der Waals surface area contributed by atoms with Gasteiger partial charge in [0.1, 0.15) is 37.9 Å². The largest absolute Gasteiger partial charge is 0.490 e.